The van der Waals surface area contributed by atoms with E-state index in [1.807, 2.05) is 4.90 Å². The van der Waals surface area contributed by atoms with Crippen molar-refractivity contribution in [3.8, 4) is 0 Å². The molecule has 0 bridgehead atoms. The van der Waals surface area contributed by atoms with Gasteiger partial charge in [0.2, 0.25) is 5.91 Å². The van der Waals surface area contributed by atoms with Crippen LogP contribution in [0.5, 0.6) is 0 Å². The van der Waals surface area contributed by atoms with E-state index in [9.17, 15) is 9.18 Å². The summed E-state index contributed by atoms with van der Waals surface area (Å²) in [5.74, 6) is 0.574. The molecule has 0 radical (unpaired) electrons. The van der Waals surface area contributed by atoms with Crippen molar-refractivity contribution >= 4 is 11.7 Å². The summed E-state index contributed by atoms with van der Waals surface area (Å²) in [7, 11) is 0. The lowest BCUT2D eigenvalue weighted by atomic mass is 9.93. The standard InChI is InChI=1S/C16H23FN4O/c17-14-10-18-11-19-16(14)21-7-5-12(6-8-21)9-15(22)20-13-3-1-2-4-13/h10-13H,1-9H2,(H,20,22). The maximum Gasteiger partial charge on any atom is 0.220 e. The molecule has 1 aromatic heterocycles. The summed E-state index contributed by atoms with van der Waals surface area (Å²) in [6.45, 7) is 1.49. The first kappa shape index (κ1) is 15.2. The Morgan fingerprint density at radius 3 is 2.68 bits per heavy atom. The van der Waals surface area contributed by atoms with Gasteiger partial charge in [-0.2, -0.15) is 0 Å². The molecule has 1 saturated carbocycles. The molecule has 6 heteroatoms. The normalized spacial score (nSPS) is 20.3. The van der Waals surface area contributed by atoms with Crippen molar-refractivity contribution in [1.82, 2.24) is 15.3 Å². The number of nitrogens with one attached hydrogen (secondary N) is 1. The Balaban J connectivity index is 1.45. The largest absolute Gasteiger partial charge is 0.354 e. The Bertz CT molecular complexity index is 511. The molecular weight excluding hydrogens is 283 g/mol. The Hall–Kier alpha value is -1.72. The van der Waals surface area contributed by atoms with E-state index in [1.54, 1.807) is 0 Å². The lowest BCUT2D eigenvalue weighted by molar-refractivity contribution is -0.122. The summed E-state index contributed by atoms with van der Waals surface area (Å²) in [5.41, 5.74) is 0. The Kier molecular flexibility index (Phi) is 4.85. The minimum absolute atomic E-state index is 0.179. The van der Waals surface area contributed by atoms with Crippen LogP contribution in [0.1, 0.15) is 44.9 Å². The molecular formula is C16H23FN4O. The molecule has 5 nitrogen and oxygen atoms in total. The topological polar surface area (TPSA) is 58.1 Å². The van der Waals surface area contributed by atoms with Crippen LogP contribution in [0.3, 0.4) is 0 Å². The lowest BCUT2D eigenvalue weighted by Crippen LogP contribution is -2.38. The quantitative estimate of drug-likeness (QED) is 0.927. The van der Waals surface area contributed by atoms with Gasteiger partial charge < -0.3 is 10.2 Å². The number of nitrogens with zero attached hydrogens (tertiary/aromatic N) is 3. The fourth-order valence-corrected chi connectivity index (χ4v) is 3.51. The van der Waals surface area contributed by atoms with Crippen LogP contribution in [-0.4, -0.2) is 35.0 Å². The molecule has 2 heterocycles. The number of hydrogen-bond donors (Lipinski definition) is 1. The summed E-state index contributed by atoms with van der Waals surface area (Å²) in [6.07, 6.45) is 9.68. The van der Waals surface area contributed by atoms with Crippen LogP contribution >= 0.6 is 0 Å². The number of halogens is 1. The lowest BCUT2D eigenvalue weighted by Gasteiger charge is -2.32. The summed E-state index contributed by atoms with van der Waals surface area (Å²) in [5, 5.41) is 3.15. The third kappa shape index (κ3) is 3.72. The Morgan fingerprint density at radius 2 is 2.00 bits per heavy atom. The molecule has 2 fully saturated rings. The molecule has 0 atom stereocenters. The van der Waals surface area contributed by atoms with Crippen molar-refractivity contribution in [3.05, 3.63) is 18.3 Å². The molecule has 0 aromatic carbocycles. The van der Waals surface area contributed by atoms with Crippen LogP contribution in [0.15, 0.2) is 12.5 Å². The number of hydrogen-bond acceptors (Lipinski definition) is 4. The molecule has 0 spiro atoms. The second-order valence-electron chi connectivity index (χ2n) is 6.38. The average Bonchev–Trinajstić information content (AvgIpc) is 3.01. The minimum atomic E-state index is -0.375. The zero-order valence-corrected chi connectivity index (χ0v) is 12.8. The van der Waals surface area contributed by atoms with E-state index in [1.165, 1.54) is 25.4 Å². The Labute approximate surface area is 130 Å². The zero-order chi connectivity index (χ0) is 15.4. The van der Waals surface area contributed by atoms with Crippen molar-refractivity contribution in [2.24, 2.45) is 5.92 Å². The number of rotatable bonds is 4. The Morgan fingerprint density at radius 1 is 1.27 bits per heavy atom. The van der Waals surface area contributed by atoms with Gasteiger partial charge in [-0.25, -0.2) is 14.4 Å². The maximum atomic E-state index is 13.7. The molecule has 3 rings (SSSR count). The molecule has 1 aliphatic heterocycles. The zero-order valence-electron chi connectivity index (χ0n) is 12.8. The third-order valence-electron chi connectivity index (χ3n) is 4.76. The second kappa shape index (κ2) is 7.03. The summed E-state index contributed by atoms with van der Waals surface area (Å²) in [6, 6.07) is 0.391. The van der Waals surface area contributed by atoms with Gasteiger partial charge >= 0.3 is 0 Å². The smallest absolute Gasteiger partial charge is 0.220 e. The molecule has 2 aliphatic rings. The van der Waals surface area contributed by atoms with E-state index in [0.717, 1.165) is 38.8 Å². The number of anilines is 1. The molecule has 1 aliphatic carbocycles. The van der Waals surface area contributed by atoms with Crippen molar-refractivity contribution in [3.63, 3.8) is 0 Å². The first-order chi connectivity index (χ1) is 10.7. The van der Waals surface area contributed by atoms with Gasteiger partial charge in [-0.05, 0) is 31.6 Å². The number of aromatic nitrogens is 2. The fourth-order valence-electron chi connectivity index (χ4n) is 3.51. The molecule has 120 valence electrons. The van der Waals surface area contributed by atoms with E-state index in [2.05, 4.69) is 15.3 Å². The van der Waals surface area contributed by atoms with Crippen molar-refractivity contribution < 1.29 is 9.18 Å². The molecule has 22 heavy (non-hydrogen) atoms. The van der Waals surface area contributed by atoms with E-state index in [0.29, 0.717) is 24.2 Å². The van der Waals surface area contributed by atoms with Gasteiger partial charge in [-0.1, -0.05) is 12.8 Å². The van der Waals surface area contributed by atoms with Crippen LogP contribution in [0.25, 0.3) is 0 Å². The average molecular weight is 306 g/mol. The van der Waals surface area contributed by atoms with Crippen LogP contribution in [0, 0.1) is 11.7 Å². The molecule has 0 unspecified atom stereocenters. The number of carbonyl (C=O) groups is 1. The highest BCUT2D eigenvalue weighted by atomic mass is 19.1. The fraction of sp³-hybridized carbons (Fsp3) is 0.688. The molecule has 1 N–H and O–H groups in total. The minimum Gasteiger partial charge on any atom is -0.354 e. The highest BCUT2D eigenvalue weighted by molar-refractivity contribution is 5.76. The highest BCUT2D eigenvalue weighted by Crippen LogP contribution is 2.25. The monoisotopic (exact) mass is 306 g/mol. The van der Waals surface area contributed by atoms with Crippen molar-refractivity contribution in [1.29, 1.82) is 0 Å². The summed E-state index contributed by atoms with van der Waals surface area (Å²) in [4.78, 5) is 21.7. The molecule has 1 amide bonds. The number of carbonyl (C=O) groups excluding carboxylic acids is 1. The predicted molar refractivity (Wildman–Crippen MR) is 81.9 cm³/mol. The van der Waals surface area contributed by atoms with Crippen LogP contribution in [0.2, 0.25) is 0 Å². The van der Waals surface area contributed by atoms with Gasteiger partial charge in [0, 0.05) is 25.6 Å². The highest BCUT2D eigenvalue weighted by Gasteiger charge is 2.25. The third-order valence-corrected chi connectivity index (χ3v) is 4.76. The summed E-state index contributed by atoms with van der Waals surface area (Å²) >= 11 is 0. The summed E-state index contributed by atoms with van der Waals surface area (Å²) < 4.78 is 13.7. The predicted octanol–water partition coefficient (Wildman–Crippen LogP) is 2.28. The van der Waals surface area contributed by atoms with E-state index in [-0.39, 0.29) is 11.7 Å². The first-order valence-corrected chi connectivity index (χ1v) is 8.22. The van der Waals surface area contributed by atoms with Gasteiger partial charge in [0.1, 0.15) is 6.33 Å². The van der Waals surface area contributed by atoms with Crippen LogP contribution in [-0.2, 0) is 4.79 Å². The second-order valence-corrected chi connectivity index (χ2v) is 6.38. The van der Waals surface area contributed by atoms with Crippen molar-refractivity contribution in [2.75, 3.05) is 18.0 Å². The van der Waals surface area contributed by atoms with Crippen molar-refractivity contribution in [2.45, 2.75) is 51.0 Å². The number of piperidine rings is 1. The van der Waals surface area contributed by atoms with Gasteiger partial charge in [-0.15, -0.1) is 0 Å². The molecule has 1 aromatic rings. The van der Waals surface area contributed by atoms with E-state index < -0.39 is 0 Å². The molecule has 1 saturated heterocycles. The van der Waals surface area contributed by atoms with E-state index in [4.69, 9.17) is 0 Å². The van der Waals surface area contributed by atoms with Crippen LogP contribution in [0.4, 0.5) is 10.2 Å². The van der Waals surface area contributed by atoms with Gasteiger partial charge in [-0.3, -0.25) is 4.79 Å². The SMILES string of the molecule is O=C(CC1CCN(c2ncncc2F)CC1)NC1CCCC1. The van der Waals surface area contributed by atoms with E-state index >= 15 is 0 Å². The first-order valence-electron chi connectivity index (χ1n) is 8.22. The van der Waals surface area contributed by atoms with Gasteiger partial charge in [0.15, 0.2) is 11.6 Å². The number of amides is 1. The maximum absolute atomic E-state index is 13.7. The van der Waals surface area contributed by atoms with Gasteiger partial charge in [0.25, 0.3) is 0 Å². The van der Waals surface area contributed by atoms with Crippen LogP contribution < -0.4 is 10.2 Å². The van der Waals surface area contributed by atoms with Gasteiger partial charge in [0.05, 0.1) is 6.20 Å².